The summed E-state index contributed by atoms with van der Waals surface area (Å²) in [5, 5.41) is 18.3. The Labute approximate surface area is 115 Å². The molecule has 1 aromatic rings. The lowest BCUT2D eigenvalue weighted by Crippen LogP contribution is -2.23. The Balaban J connectivity index is 2.25. The van der Waals surface area contributed by atoms with Crippen molar-refractivity contribution in [1.82, 2.24) is 0 Å². The van der Waals surface area contributed by atoms with Crippen molar-refractivity contribution >= 4 is 0 Å². The number of benzene rings is 1. The summed E-state index contributed by atoms with van der Waals surface area (Å²) in [6.45, 7) is 6.29. The summed E-state index contributed by atoms with van der Waals surface area (Å²) < 4.78 is 0. The van der Waals surface area contributed by atoms with Crippen LogP contribution in [0.3, 0.4) is 0 Å². The van der Waals surface area contributed by atoms with Gasteiger partial charge in [0.25, 0.3) is 0 Å². The lowest BCUT2D eigenvalue weighted by molar-refractivity contribution is 0.281. The lowest BCUT2D eigenvalue weighted by Gasteiger charge is -2.34. The van der Waals surface area contributed by atoms with E-state index in [0.717, 1.165) is 24.8 Å². The Hall–Kier alpha value is -1.59. The van der Waals surface area contributed by atoms with E-state index in [1.165, 1.54) is 11.1 Å². The van der Waals surface area contributed by atoms with Crippen LogP contribution in [0, 0.1) is 23.2 Å². The van der Waals surface area contributed by atoms with Crippen molar-refractivity contribution in [3.8, 4) is 6.07 Å². The molecule has 1 aromatic carbocycles. The van der Waals surface area contributed by atoms with Crippen molar-refractivity contribution in [2.45, 2.75) is 38.7 Å². The average Bonchev–Trinajstić information content (AvgIpc) is 2.46. The van der Waals surface area contributed by atoms with Gasteiger partial charge >= 0.3 is 0 Å². The Kier molecular flexibility index (Phi) is 4.39. The van der Waals surface area contributed by atoms with Crippen molar-refractivity contribution in [2.24, 2.45) is 11.8 Å². The van der Waals surface area contributed by atoms with Crippen LogP contribution in [0.2, 0.25) is 0 Å². The molecule has 1 saturated carbocycles. The van der Waals surface area contributed by atoms with E-state index in [1.807, 2.05) is 12.1 Å². The van der Waals surface area contributed by atoms with Crippen LogP contribution in [0.15, 0.2) is 36.4 Å². The molecule has 1 N–H and O–H groups in total. The maximum Gasteiger partial charge on any atom is 0.0681 e. The van der Waals surface area contributed by atoms with Gasteiger partial charge in [-0.25, -0.2) is 0 Å². The van der Waals surface area contributed by atoms with Gasteiger partial charge in [0.2, 0.25) is 0 Å². The van der Waals surface area contributed by atoms with Crippen LogP contribution in [0.5, 0.6) is 0 Å². The van der Waals surface area contributed by atoms with E-state index in [9.17, 15) is 0 Å². The third-order valence-electron chi connectivity index (χ3n) is 4.26. The first-order valence-electron chi connectivity index (χ1n) is 6.90. The molecule has 2 heteroatoms. The molecule has 0 amide bonds. The SMILES string of the molecule is C=C(C)[C@@H]1CCC(C#N)C[C@H]1c1ccc(CO)cc1. The summed E-state index contributed by atoms with van der Waals surface area (Å²) in [5.74, 6) is 1.03. The van der Waals surface area contributed by atoms with E-state index in [1.54, 1.807) is 0 Å². The Bertz CT molecular complexity index is 483. The number of nitrogens with zero attached hydrogens (tertiary/aromatic N) is 1. The van der Waals surface area contributed by atoms with Gasteiger partial charge in [-0.05, 0) is 49.1 Å². The highest BCUT2D eigenvalue weighted by molar-refractivity contribution is 5.28. The zero-order valence-corrected chi connectivity index (χ0v) is 11.5. The molecule has 2 nitrogen and oxygen atoms in total. The predicted octanol–water partition coefficient (Wildman–Crippen LogP) is 3.78. The van der Waals surface area contributed by atoms with Crippen LogP contribution < -0.4 is 0 Å². The fourth-order valence-electron chi connectivity index (χ4n) is 3.12. The van der Waals surface area contributed by atoms with Crippen molar-refractivity contribution in [3.05, 3.63) is 47.5 Å². The highest BCUT2D eigenvalue weighted by Crippen LogP contribution is 2.43. The van der Waals surface area contributed by atoms with Crippen molar-refractivity contribution in [1.29, 1.82) is 5.26 Å². The second kappa shape index (κ2) is 6.04. The predicted molar refractivity (Wildman–Crippen MR) is 76.4 cm³/mol. The zero-order valence-electron chi connectivity index (χ0n) is 11.5. The summed E-state index contributed by atoms with van der Waals surface area (Å²) in [4.78, 5) is 0. The minimum absolute atomic E-state index is 0.0790. The molecule has 1 aliphatic carbocycles. The van der Waals surface area contributed by atoms with Crippen LogP contribution >= 0.6 is 0 Å². The lowest BCUT2D eigenvalue weighted by atomic mass is 9.69. The van der Waals surface area contributed by atoms with Gasteiger partial charge in [0.05, 0.1) is 12.7 Å². The van der Waals surface area contributed by atoms with Crippen LogP contribution in [0.1, 0.15) is 43.2 Å². The Morgan fingerprint density at radius 1 is 1.37 bits per heavy atom. The molecule has 0 spiro atoms. The number of aliphatic hydroxyl groups excluding tert-OH is 1. The molecule has 0 bridgehead atoms. The standard InChI is InChI=1S/C17H21NO/c1-12(2)16-8-5-14(10-18)9-17(16)15-6-3-13(11-19)4-7-15/h3-4,6-7,14,16-17,19H,1,5,8-9,11H2,2H3/t14?,16-,17-/m0/s1. The molecule has 0 heterocycles. The number of hydrogen-bond donors (Lipinski definition) is 1. The molecule has 0 aromatic heterocycles. The molecule has 3 atom stereocenters. The fourth-order valence-corrected chi connectivity index (χ4v) is 3.12. The van der Waals surface area contributed by atoms with Crippen molar-refractivity contribution < 1.29 is 5.11 Å². The van der Waals surface area contributed by atoms with E-state index < -0.39 is 0 Å². The molecule has 1 aliphatic rings. The normalized spacial score (nSPS) is 26.7. The van der Waals surface area contributed by atoms with Gasteiger partial charge in [-0.3, -0.25) is 0 Å². The van der Waals surface area contributed by atoms with Crippen LogP contribution in [-0.2, 0) is 6.61 Å². The number of rotatable bonds is 3. The van der Waals surface area contributed by atoms with E-state index in [4.69, 9.17) is 10.4 Å². The minimum atomic E-state index is 0.0790. The number of aliphatic hydroxyl groups is 1. The average molecular weight is 255 g/mol. The molecule has 0 aliphatic heterocycles. The minimum Gasteiger partial charge on any atom is -0.392 e. The topological polar surface area (TPSA) is 44.0 Å². The first-order valence-corrected chi connectivity index (χ1v) is 6.90. The van der Waals surface area contributed by atoms with Gasteiger partial charge < -0.3 is 5.11 Å². The smallest absolute Gasteiger partial charge is 0.0681 e. The van der Waals surface area contributed by atoms with Crippen LogP contribution in [0.25, 0.3) is 0 Å². The van der Waals surface area contributed by atoms with Gasteiger partial charge in [0.1, 0.15) is 0 Å². The van der Waals surface area contributed by atoms with Gasteiger partial charge in [0.15, 0.2) is 0 Å². The summed E-state index contributed by atoms with van der Waals surface area (Å²) in [6, 6.07) is 10.5. The number of nitriles is 1. The van der Waals surface area contributed by atoms with Crippen LogP contribution in [-0.4, -0.2) is 5.11 Å². The third kappa shape index (κ3) is 3.05. The molecule has 100 valence electrons. The maximum atomic E-state index is 9.16. The second-order valence-electron chi connectivity index (χ2n) is 5.60. The highest BCUT2D eigenvalue weighted by atomic mass is 16.3. The van der Waals surface area contributed by atoms with E-state index in [-0.39, 0.29) is 12.5 Å². The molecule has 1 unspecified atom stereocenters. The molecule has 0 saturated heterocycles. The molecule has 1 fully saturated rings. The van der Waals surface area contributed by atoms with Gasteiger partial charge in [-0.1, -0.05) is 36.4 Å². The molecular weight excluding hydrogens is 234 g/mol. The molecular formula is C17H21NO. The van der Waals surface area contributed by atoms with Crippen LogP contribution in [0.4, 0.5) is 0 Å². The summed E-state index contributed by atoms with van der Waals surface area (Å²) >= 11 is 0. The van der Waals surface area contributed by atoms with Crippen molar-refractivity contribution in [3.63, 3.8) is 0 Å². The molecule has 19 heavy (non-hydrogen) atoms. The summed E-state index contributed by atoms with van der Waals surface area (Å²) in [7, 11) is 0. The quantitative estimate of drug-likeness (QED) is 0.835. The first kappa shape index (κ1) is 13.8. The molecule has 0 radical (unpaired) electrons. The monoisotopic (exact) mass is 255 g/mol. The summed E-state index contributed by atoms with van der Waals surface area (Å²) in [6.07, 6.45) is 2.96. The Morgan fingerprint density at radius 2 is 2.05 bits per heavy atom. The molecule has 2 rings (SSSR count). The van der Waals surface area contributed by atoms with E-state index >= 15 is 0 Å². The highest BCUT2D eigenvalue weighted by Gasteiger charge is 2.31. The number of allylic oxidation sites excluding steroid dienone is 1. The number of hydrogen-bond acceptors (Lipinski definition) is 2. The largest absolute Gasteiger partial charge is 0.392 e. The zero-order chi connectivity index (χ0) is 13.8. The van der Waals surface area contributed by atoms with E-state index in [0.29, 0.717) is 11.8 Å². The van der Waals surface area contributed by atoms with Gasteiger partial charge in [-0.2, -0.15) is 5.26 Å². The first-order chi connectivity index (χ1) is 9.15. The summed E-state index contributed by atoms with van der Waals surface area (Å²) in [5.41, 5.74) is 3.42. The maximum absolute atomic E-state index is 9.16. The second-order valence-corrected chi connectivity index (χ2v) is 5.60. The van der Waals surface area contributed by atoms with Gasteiger partial charge in [-0.15, -0.1) is 0 Å². The fraction of sp³-hybridized carbons (Fsp3) is 0.471. The third-order valence-corrected chi connectivity index (χ3v) is 4.26. The van der Waals surface area contributed by atoms with E-state index in [2.05, 4.69) is 31.7 Å². The van der Waals surface area contributed by atoms with Gasteiger partial charge in [0, 0.05) is 5.92 Å². The Morgan fingerprint density at radius 3 is 2.58 bits per heavy atom. The van der Waals surface area contributed by atoms with Crippen molar-refractivity contribution in [2.75, 3.05) is 0 Å².